The van der Waals surface area contributed by atoms with Gasteiger partial charge in [0.1, 0.15) is 0 Å². The number of methoxy groups -OCH3 is 1. The molecule has 1 atom stereocenters. The molecule has 0 heterocycles. The fourth-order valence-corrected chi connectivity index (χ4v) is 1.87. The van der Waals surface area contributed by atoms with Crippen LogP contribution in [0.4, 0.5) is 0 Å². The summed E-state index contributed by atoms with van der Waals surface area (Å²) >= 11 is 5.88. The molecule has 1 aromatic rings. The van der Waals surface area contributed by atoms with E-state index in [1.54, 1.807) is 7.11 Å². The first kappa shape index (κ1) is 13.5. The van der Waals surface area contributed by atoms with Crippen molar-refractivity contribution >= 4 is 11.6 Å². The van der Waals surface area contributed by atoms with Crippen molar-refractivity contribution in [3.63, 3.8) is 0 Å². The van der Waals surface area contributed by atoms with Crippen LogP contribution in [-0.4, -0.2) is 23.9 Å². The Morgan fingerprint density at radius 3 is 2.69 bits per heavy atom. The smallest absolute Gasteiger partial charge is 0.0647 e. The Balaban J connectivity index is 2.55. The summed E-state index contributed by atoms with van der Waals surface area (Å²) < 4.78 is 5.28. The third-order valence-electron chi connectivity index (χ3n) is 2.64. The lowest BCUT2D eigenvalue weighted by Crippen LogP contribution is -2.29. The highest BCUT2D eigenvalue weighted by Crippen LogP contribution is 2.19. The van der Waals surface area contributed by atoms with E-state index >= 15 is 0 Å². The number of halogens is 1. The lowest BCUT2D eigenvalue weighted by molar-refractivity contribution is -0.0190. The van der Waals surface area contributed by atoms with Crippen molar-refractivity contribution in [2.75, 3.05) is 7.11 Å². The first-order valence-corrected chi connectivity index (χ1v) is 5.78. The van der Waals surface area contributed by atoms with Gasteiger partial charge in [-0.2, -0.15) is 0 Å². The summed E-state index contributed by atoms with van der Waals surface area (Å²) in [6.07, 6.45) is 0.803. The molecular formula is C13H19ClO2. The van der Waals surface area contributed by atoms with Crippen LogP contribution in [-0.2, 0) is 11.2 Å². The first-order chi connectivity index (χ1) is 7.43. The summed E-state index contributed by atoms with van der Waals surface area (Å²) in [5, 5.41) is 10.6. The van der Waals surface area contributed by atoms with Crippen LogP contribution >= 0.6 is 11.6 Å². The molecule has 1 aromatic carbocycles. The molecule has 1 N–H and O–H groups in total. The molecule has 0 spiro atoms. The summed E-state index contributed by atoms with van der Waals surface area (Å²) in [5.41, 5.74) is 0.754. The van der Waals surface area contributed by atoms with Gasteiger partial charge in [0, 0.05) is 18.6 Å². The zero-order valence-electron chi connectivity index (χ0n) is 10.0. The molecule has 0 bridgehead atoms. The fourth-order valence-electron chi connectivity index (χ4n) is 1.66. The molecule has 0 saturated carbocycles. The van der Waals surface area contributed by atoms with Crippen LogP contribution in [0.2, 0.25) is 5.02 Å². The quantitative estimate of drug-likeness (QED) is 0.860. The summed E-state index contributed by atoms with van der Waals surface area (Å²) in [6.45, 7) is 3.93. The molecule has 1 rings (SSSR count). The highest BCUT2D eigenvalue weighted by molar-refractivity contribution is 6.30. The number of aliphatic hydroxyl groups excluding tert-OH is 1. The van der Waals surface area contributed by atoms with Crippen molar-refractivity contribution in [1.29, 1.82) is 0 Å². The topological polar surface area (TPSA) is 29.5 Å². The van der Waals surface area contributed by atoms with Crippen LogP contribution in [0.5, 0.6) is 0 Å². The van der Waals surface area contributed by atoms with E-state index in [1.165, 1.54) is 0 Å². The molecule has 0 aliphatic heterocycles. The van der Waals surface area contributed by atoms with Crippen LogP contribution in [0.25, 0.3) is 0 Å². The Morgan fingerprint density at radius 2 is 2.12 bits per heavy atom. The second kappa shape index (κ2) is 5.67. The van der Waals surface area contributed by atoms with Gasteiger partial charge in [-0.1, -0.05) is 23.7 Å². The van der Waals surface area contributed by atoms with Crippen LogP contribution in [0, 0.1) is 0 Å². The summed E-state index contributed by atoms with van der Waals surface area (Å²) in [6, 6.07) is 7.57. The van der Waals surface area contributed by atoms with Gasteiger partial charge >= 0.3 is 0 Å². The molecular weight excluding hydrogens is 224 g/mol. The van der Waals surface area contributed by atoms with Gasteiger partial charge in [-0.25, -0.2) is 0 Å². The standard InChI is InChI=1S/C13H19ClO2/c1-13(2,16-3)9-12(15)8-10-5-4-6-11(14)7-10/h4-7,12,15H,8-9H2,1-3H3. The van der Waals surface area contributed by atoms with Gasteiger partial charge in [-0.15, -0.1) is 0 Å². The maximum Gasteiger partial charge on any atom is 0.0647 e. The molecule has 0 aliphatic carbocycles. The Hall–Kier alpha value is -0.570. The Morgan fingerprint density at radius 1 is 1.44 bits per heavy atom. The normalized spacial score (nSPS) is 13.8. The number of hydrogen-bond acceptors (Lipinski definition) is 2. The number of aliphatic hydroxyl groups is 1. The Bertz CT molecular complexity index is 336. The van der Waals surface area contributed by atoms with Gasteiger partial charge < -0.3 is 9.84 Å². The number of ether oxygens (including phenoxy) is 1. The predicted octanol–water partition coefficient (Wildman–Crippen LogP) is 3.06. The highest BCUT2D eigenvalue weighted by atomic mass is 35.5. The van der Waals surface area contributed by atoms with Gasteiger partial charge in [0.15, 0.2) is 0 Å². The molecule has 0 saturated heterocycles. The van der Waals surface area contributed by atoms with E-state index in [1.807, 2.05) is 38.1 Å². The minimum Gasteiger partial charge on any atom is -0.393 e. The predicted molar refractivity (Wildman–Crippen MR) is 66.9 cm³/mol. The molecule has 3 heteroatoms. The molecule has 16 heavy (non-hydrogen) atoms. The summed E-state index contributed by atoms with van der Waals surface area (Å²) in [5.74, 6) is 0. The maximum atomic E-state index is 9.94. The van der Waals surface area contributed by atoms with Gasteiger partial charge in [0.05, 0.1) is 11.7 Å². The van der Waals surface area contributed by atoms with E-state index in [0.717, 1.165) is 5.56 Å². The lowest BCUT2D eigenvalue weighted by Gasteiger charge is -2.25. The summed E-state index contributed by atoms with van der Waals surface area (Å²) in [7, 11) is 1.66. The van der Waals surface area contributed by atoms with E-state index in [4.69, 9.17) is 16.3 Å². The van der Waals surface area contributed by atoms with Crippen molar-refractivity contribution in [3.05, 3.63) is 34.9 Å². The third-order valence-corrected chi connectivity index (χ3v) is 2.88. The molecule has 0 radical (unpaired) electrons. The van der Waals surface area contributed by atoms with Gasteiger partial charge in [-0.3, -0.25) is 0 Å². The average Bonchev–Trinajstić information content (AvgIpc) is 2.16. The molecule has 1 unspecified atom stereocenters. The zero-order valence-corrected chi connectivity index (χ0v) is 10.8. The average molecular weight is 243 g/mol. The number of benzene rings is 1. The van der Waals surface area contributed by atoms with Crippen molar-refractivity contribution in [3.8, 4) is 0 Å². The summed E-state index contributed by atoms with van der Waals surface area (Å²) in [4.78, 5) is 0. The van der Waals surface area contributed by atoms with Gasteiger partial charge in [0.2, 0.25) is 0 Å². The first-order valence-electron chi connectivity index (χ1n) is 5.40. The van der Waals surface area contributed by atoms with Crippen molar-refractivity contribution < 1.29 is 9.84 Å². The fraction of sp³-hybridized carbons (Fsp3) is 0.538. The van der Waals surface area contributed by atoms with E-state index in [0.29, 0.717) is 17.9 Å². The molecule has 0 amide bonds. The Labute approximate surface area is 102 Å². The molecule has 90 valence electrons. The zero-order chi connectivity index (χ0) is 12.2. The minimum atomic E-state index is -0.409. The van der Waals surface area contributed by atoms with Crippen LogP contribution in [0.3, 0.4) is 0 Å². The van der Waals surface area contributed by atoms with E-state index in [2.05, 4.69) is 0 Å². The molecule has 0 fully saturated rings. The van der Waals surface area contributed by atoms with E-state index in [9.17, 15) is 5.11 Å². The number of hydrogen-bond donors (Lipinski definition) is 1. The number of rotatable bonds is 5. The third kappa shape index (κ3) is 4.52. The van der Waals surface area contributed by atoms with Crippen molar-refractivity contribution in [1.82, 2.24) is 0 Å². The van der Waals surface area contributed by atoms with E-state index < -0.39 is 6.10 Å². The van der Waals surface area contributed by atoms with Crippen molar-refractivity contribution in [2.45, 2.75) is 38.4 Å². The highest BCUT2D eigenvalue weighted by Gasteiger charge is 2.21. The van der Waals surface area contributed by atoms with E-state index in [-0.39, 0.29) is 5.60 Å². The SMILES string of the molecule is COC(C)(C)CC(O)Cc1cccc(Cl)c1. The van der Waals surface area contributed by atoms with Gasteiger partial charge in [0.25, 0.3) is 0 Å². The van der Waals surface area contributed by atoms with Crippen molar-refractivity contribution in [2.24, 2.45) is 0 Å². The second-order valence-corrected chi connectivity index (χ2v) is 5.09. The minimum absolute atomic E-state index is 0.294. The lowest BCUT2D eigenvalue weighted by atomic mass is 9.96. The molecule has 2 nitrogen and oxygen atoms in total. The van der Waals surface area contributed by atoms with Gasteiger partial charge in [-0.05, 0) is 38.0 Å². The molecule has 0 aromatic heterocycles. The Kier molecular flexibility index (Phi) is 4.78. The second-order valence-electron chi connectivity index (χ2n) is 4.66. The monoisotopic (exact) mass is 242 g/mol. The molecule has 0 aliphatic rings. The van der Waals surface area contributed by atoms with Crippen LogP contribution < -0.4 is 0 Å². The largest absolute Gasteiger partial charge is 0.393 e. The maximum absolute atomic E-state index is 9.94. The van der Waals surface area contributed by atoms with Crippen LogP contribution in [0.15, 0.2) is 24.3 Å². The van der Waals surface area contributed by atoms with Crippen LogP contribution in [0.1, 0.15) is 25.8 Å².